The first-order valence-electron chi connectivity index (χ1n) is 6.32. The van der Waals surface area contributed by atoms with Gasteiger partial charge < -0.3 is 0 Å². The molecule has 100 valence electrons. The van der Waals surface area contributed by atoms with Gasteiger partial charge in [0.15, 0.2) is 0 Å². The zero-order chi connectivity index (χ0) is 13.9. The molecule has 0 spiro atoms. The van der Waals surface area contributed by atoms with Crippen LogP contribution in [0.15, 0.2) is 53.4 Å². The largest absolute Gasteiger partial charge is 0.237 e. The number of nitrogens with zero attached hydrogens (tertiary/aromatic N) is 2. The summed E-state index contributed by atoms with van der Waals surface area (Å²) in [6, 6.07) is 16.6. The van der Waals surface area contributed by atoms with Crippen molar-refractivity contribution in [1.29, 1.82) is 0 Å². The molecule has 0 amide bonds. The summed E-state index contributed by atoms with van der Waals surface area (Å²) in [5.74, 6) is 1.49. The number of fused-ring (bicyclic) bond motifs is 1. The minimum Gasteiger partial charge on any atom is -0.237 e. The molecule has 0 unspecified atom stereocenters. The molecule has 3 rings (SSSR count). The normalized spacial score (nSPS) is 10.9. The summed E-state index contributed by atoms with van der Waals surface area (Å²) >= 11 is 7.67. The molecule has 0 aliphatic heterocycles. The van der Waals surface area contributed by atoms with Gasteiger partial charge in [-0.3, -0.25) is 0 Å². The minimum atomic E-state index is 0.506. The van der Waals surface area contributed by atoms with Gasteiger partial charge >= 0.3 is 0 Å². The van der Waals surface area contributed by atoms with Crippen molar-refractivity contribution in [2.24, 2.45) is 0 Å². The maximum absolute atomic E-state index is 5.95. The highest BCUT2D eigenvalue weighted by molar-refractivity contribution is 7.98. The van der Waals surface area contributed by atoms with Gasteiger partial charge in [-0.1, -0.05) is 41.9 Å². The first-order valence-corrected chi connectivity index (χ1v) is 7.69. The topological polar surface area (TPSA) is 25.8 Å². The fraction of sp³-hybridized carbons (Fsp3) is 0.125. The second-order valence-corrected chi connectivity index (χ2v) is 5.98. The fourth-order valence-electron chi connectivity index (χ4n) is 2.06. The number of aryl methyl sites for hydroxylation is 1. The highest BCUT2D eigenvalue weighted by Gasteiger charge is 2.03. The Labute approximate surface area is 127 Å². The molecule has 0 aliphatic carbocycles. The number of hydrogen-bond donors (Lipinski definition) is 0. The van der Waals surface area contributed by atoms with Crippen molar-refractivity contribution in [3.8, 4) is 0 Å². The molecule has 1 heterocycles. The number of aromatic nitrogens is 2. The molecule has 20 heavy (non-hydrogen) atoms. The second-order valence-electron chi connectivity index (χ2n) is 4.55. The van der Waals surface area contributed by atoms with E-state index in [1.165, 1.54) is 15.7 Å². The highest BCUT2D eigenvalue weighted by atomic mass is 35.5. The van der Waals surface area contributed by atoms with Crippen LogP contribution in [-0.4, -0.2) is 9.97 Å². The number of benzene rings is 2. The lowest BCUT2D eigenvalue weighted by atomic mass is 10.1. The molecule has 0 saturated carbocycles. The average molecular weight is 301 g/mol. The minimum absolute atomic E-state index is 0.506. The van der Waals surface area contributed by atoms with E-state index in [0.29, 0.717) is 5.15 Å². The van der Waals surface area contributed by atoms with Crippen LogP contribution >= 0.6 is 23.4 Å². The molecule has 2 aromatic carbocycles. The van der Waals surface area contributed by atoms with E-state index in [2.05, 4.69) is 52.4 Å². The van der Waals surface area contributed by atoms with Crippen LogP contribution in [0.1, 0.15) is 11.5 Å². The van der Waals surface area contributed by atoms with Crippen molar-refractivity contribution >= 4 is 34.1 Å². The molecule has 0 bridgehead atoms. The van der Waals surface area contributed by atoms with Crippen LogP contribution in [0.3, 0.4) is 0 Å². The van der Waals surface area contributed by atoms with Crippen molar-refractivity contribution in [3.05, 3.63) is 65.2 Å². The van der Waals surface area contributed by atoms with Gasteiger partial charge in [-0.05, 0) is 35.9 Å². The quantitative estimate of drug-likeness (QED) is 0.509. The Morgan fingerprint density at radius 3 is 2.60 bits per heavy atom. The van der Waals surface area contributed by atoms with Crippen LogP contribution < -0.4 is 0 Å². The molecule has 2 nitrogen and oxygen atoms in total. The van der Waals surface area contributed by atoms with E-state index >= 15 is 0 Å². The Hall–Kier alpha value is -1.58. The number of halogens is 1. The van der Waals surface area contributed by atoms with Gasteiger partial charge in [0.2, 0.25) is 0 Å². The molecule has 4 heteroatoms. The maximum atomic E-state index is 5.95. The van der Waals surface area contributed by atoms with E-state index in [9.17, 15) is 0 Å². The fourth-order valence-corrected chi connectivity index (χ4v) is 3.11. The van der Waals surface area contributed by atoms with E-state index in [-0.39, 0.29) is 0 Å². The van der Waals surface area contributed by atoms with Crippen LogP contribution in [-0.2, 0) is 5.75 Å². The number of thioether (sulfide) groups is 1. The van der Waals surface area contributed by atoms with Gasteiger partial charge in [-0.25, -0.2) is 9.97 Å². The number of hydrogen-bond acceptors (Lipinski definition) is 3. The average Bonchev–Trinajstić information content (AvgIpc) is 2.44. The smallest absolute Gasteiger partial charge is 0.140 e. The lowest BCUT2D eigenvalue weighted by molar-refractivity contribution is 0.996. The van der Waals surface area contributed by atoms with Crippen molar-refractivity contribution < 1.29 is 0 Å². The monoisotopic (exact) mass is 300 g/mol. The summed E-state index contributed by atoms with van der Waals surface area (Å²) in [5.41, 5.74) is 0.902. The maximum Gasteiger partial charge on any atom is 0.140 e. The summed E-state index contributed by atoms with van der Waals surface area (Å²) in [6.45, 7) is 1.93. The molecule has 3 aromatic rings. The predicted molar refractivity (Wildman–Crippen MR) is 85.3 cm³/mol. The first kappa shape index (κ1) is 13.4. The van der Waals surface area contributed by atoms with E-state index in [0.717, 1.165) is 17.3 Å². The summed E-state index contributed by atoms with van der Waals surface area (Å²) < 4.78 is 0. The zero-order valence-electron chi connectivity index (χ0n) is 11.0. The lowest BCUT2D eigenvalue weighted by Crippen LogP contribution is -1.95. The van der Waals surface area contributed by atoms with E-state index in [1.807, 2.05) is 6.92 Å². The van der Waals surface area contributed by atoms with Gasteiger partial charge in [0.05, 0.1) is 5.75 Å². The molecule has 0 aliphatic rings. The van der Waals surface area contributed by atoms with Gasteiger partial charge in [-0.15, -0.1) is 11.8 Å². The third-order valence-electron chi connectivity index (χ3n) is 2.96. The predicted octanol–water partition coefficient (Wildman–Crippen LogP) is 4.88. The van der Waals surface area contributed by atoms with Crippen molar-refractivity contribution in [3.63, 3.8) is 0 Å². The molecule has 0 N–H and O–H groups in total. The molecule has 1 aromatic heterocycles. The van der Waals surface area contributed by atoms with Crippen molar-refractivity contribution in [2.75, 3.05) is 0 Å². The third-order valence-corrected chi connectivity index (χ3v) is 4.14. The van der Waals surface area contributed by atoms with Crippen molar-refractivity contribution in [2.45, 2.75) is 17.6 Å². The zero-order valence-corrected chi connectivity index (χ0v) is 12.6. The summed E-state index contributed by atoms with van der Waals surface area (Å²) in [7, 11) is 0. The third kappa shape index (κ3) is 3.11. The second kappa shape index (κ2) is 5.81. The van der Waals surface area contributed by atoms with Crippen LogP contribution in [0.5, 0.6) is 0 Å². The van der Waals surface area contributed by atoms with Crippen LogP contribution in [0.4, 0.5) is 0 Å². The summed E-state index contributed by atoms with van der Waals surface area (Å²) in [5, 5.41) is 3.01. The first-order chi connectivity index (χ1) is 9.70. The standard InChI is InChI=1S/C16H13ClN2S/c1-11-8-15(17)19-16(18-11)10-20-14-7-6-12-4-2-3-5-13(12)9-14/h2-9H,10H2,1H3. The lowest BCUT2D eigenvalue weighted by Gasteiger charge is -2.04. The Kier molecular flexibility index (Phi) is 3.90. The highest BCUT2D eigenvalue weighted by Crippen LogP contribution is 2.26. The Balaban J connectivity index is 1.79. The van der Waals surface area contributed by atoms with E-state index in [1.54, 1.807) is 17.8 Å². The molecule has 0 radical (unpaired) electrons. The molecule has 0 saturated heterocycles. The Bertz CT molecular complexity index is 738. The molecule has 0 atom stereocenters. The summed E-state index contributed by atoms with van der Waals surface area (Å²) in [4.78, 5) is 9.85. The van der Waals surface area contributed by atoms with Gasteiger partial charge in [0.25, 0.3) is 0 Å². The van der Waals surface area contributed by atoms with Gasteiger partial charge in [0, 0.05) is 10.6 Å². The van der Waals surface area contributed by atoms with Crippen LogP contribution in [0.25, 0.3) is 10.8 Å². The van der Waals surface area contributed by atoms with Gasteiger partial charge in [0.1, 0.15) is 11.0 Å². The molecule has 0 fully saturated rings. The Morgan fingerprint density at radius 2 is 1.80 bits per heavy atom. The SMILES string of the molecule is Cc1cc(Cl)nc(CSc2ccc3ccccc3c2)n1. The van der Waals surface area contributed by atoms with Crippen LogP contribution in [0.2, 0.25) is 5.15 Å². The van der Waals surface area contributed by atoms with E-state index in [4.69, 9.17) is 11.6 Å². The Morgan fingerprint density at radius 1 is 1.00 bits per heavy atom. The van der Waals surface area contributed by atoms with Crippen LogP contribution in [0, 0.1) is 6.92 Å². The summed E-state index contributed by atoms with van der Waals surface area (Å²) in [6.07, 6.45) is 0. The van der Waals surface area contributed by atoms with Gasteiger partial charge in [-0.2, -0.15) is 0 Å². The van der Waals surface area contributed by atoms with Crippen molar-refractivity contribution in [1.82, 2.24) is 9.97 Å². The van der Waals surface area contributed by atoms with E-state index < -0.39 is 0 Å². The molecular weight excluding hydrogens is 288 g/mol. The molecular formula is C16H13ClN2S. The number of rotatable bonds is 3.